The van der Waals surface area contributed by atoms with Gasteiger partial charge in [0.2, 0.25) is 11.8 Å². The van der Waals surface area contributed by atoms with Gasteiger partial charge in [0.25, 0.3) is 0 Å². The molecule has 160 valence electrons. The molecular formula is C23H28N2O4S. The number of benzene rings is 2. The molecule has 1 aliphatic rings. The summed E-state index contributed by atoms with van der Waals surface area (Å²) in [5.41, 5.74) is 3.25. The van der Waals surface area contributed by atoms with E-state index in [1.165, 1.54) is 12.5 Å². The molecule has 0 aliphatic carbocycles. The van der Waals surface area contributed by atoms with Gasteiger partial charge in [-0.2, -0.15) is 0 Å². The normalized spacial score (nSPS) is 18.2. The number of hydrogen-bond donors (Lipinski definition) is 1. The minimum atomic E-state index is -0.468. The zero-order valence-corrected chi connectivity index (χ0v) is 18.6. The Labute approximate surface area is 181 Å². The Hall–Kier alpha value is -2.67. The van der Waals surface area contributed by atoms with Crippen molar-refractivity contribution in [3.05, 3.63) is 59.2 Å². The van der Waals surface area contributed by atoms with Crippen molar-refractivity contribution in [3.8, 4) is 11.5 Å². The minimum Gasteiger partial charge on any atom is -0.493 e. The monoisotopic (exact) mass is 428 g/mol. The van der Waals surface area contributed by atoms with Crippen LogP contribution < -0.4 is 14.8 Å². The second kappa shape index (κ2) is 9.89. The minimum absolute atomic E-state index is 0.0920. The molecule has 3 rings (SSSR count). The summed E-state index contributed by atoms with van der Waals surface area (Å²) in [6.45, 7) is 4.04. The molecule has 7 heteroatoms. The fraction of sp³-hybridized carbons (Fsp3) is 0.391. The van der Waals surface area contributed by atoms with Gasteiger partial charge in [-0.05, 0) is 36.6 Å². The third kappa shape index (κ3) is 4.90. The Kier molecular flexibility index (Phi) is 7.26. The zero-order chi connectivity index (χ0) is 21.7. The number of rotatable bonds is 7. The summed E-state index contributed by atoms with van der Waals surface area (Å²) in [6.07, 6.45) is 0.660. The molecule has 2 aromatic rings. The van der Waals surface area contributed by atoms with Crippen molar-refractivity contribution in [1.29, 1.82) is 0 Å². The number of carbonyl (C=O) groups excluding carboxylic acids is 2. The second-order valence-corrected chi connectivity index (χ2v) is 8.38. The van der Waals surface area contributed by atoms with Crippen molar-refractivity contribution >= 4 is 23.6 Å². The Morgan fingerprint density at radius 2 is 1.80 bits per heavy atom. The van der Waals surface area contributed by atoms with E-state index in [1.807, 2.05) is 49.4 Å². The molecule has 1 heterocycles. The summed E-state index contributed by atoms with van der Waals surface area (Å²) in [5.74, 6) is 1.71. The van der Waals surface area contributed by atoms with Crippen LogP contribution in [0.3, 0.4) is 0 Å². The molecule has 0 unspecified atom stereocenters. The second-order valence-electron chi connectivity index (χ2n) is 7.27. The lowest BCUT2D eigenvalue weighted by Gasteiger charge is -2.28. The first-order chi connectivity index (χ1) is 14.4. The van der Waals surface area contributed by atoms with Crippen molar-refractivity contribution < 1.29 is 19.1 Å². The van der Waals surface area contributed by atoms with Crippen LogP contribution in [0.2, 0.25) is 0 Å². The van der Waals surface area contributed by atoms with E-state index in [4.69, 9.17) is 9.47 Å². The van der Waals surface area contributed by atoms with E-state index in [1.54, 1.807) is 30.9 Å². The number of methoxy groups -OCH3 is 2. The molecule has 6 nitrogen and oxygen atoms in total. The standard InChI is InChI=1S/C23H28N2O4S/c1-15-5-8-18(9-6-15)23-25(16(2)26)19(14-30-23)22(27)24-12-11-17-7-10-20(28-3)21(13-17)29-4/h5-10,13,19,23H,11-12,14H2,1-4H3,(H,24,27)/t19-,23+/m1/s1. The molecule has 1 aliphatic heterocycles. The van der Waals surface area contributed by atoms with Crippen molar-refractivity contribution in [2.45, 2.75) is 31.7 Å². The predicted molar refractivity (Wildman–Crippen MR) is 119 cm³/mol. The highest BCUT2D eigenvalue weighted by Crippen LogP contribution is 2.41. The number of ether oxygens (including phenoxy) is 2. The first kappa shape index (κ1) is 22.0. The number of hydrogen-bond acceptors (Lipinski definition) is 5. The summed E-state index contributed by atoms with van der Waals surface area (Å²) >= 11 is 1.63. The highest BCUT2D eigenvalue weighted by molar-refractivity contribution is 7.99. The third-order valence-corrected chi connectivity index (χ3v) is 6.51. The maximum atomic E-state index is 12.8. The largest absolute Gasteiger partial charge is 0.493 e. The number of carbonyl (C=O) groups is 2. The Balaban J connectivity index is 1.62. The number of thioether (sulfide) groups is 1. The lowest BCUT2D eigenvalue weighted by molar-refractivity contribution is -0.138. The summed E-state index contributed by atoms with van der Waals surface area (Å²) in [4.78, 5) is 26.9. The molecule has 1 fully saturated rings. The molecule has 2 aromatic carbocycles. The predicted octanol–water partition coefficient (Wildman–Crippen LogP) is 3.33. The van der Waals surface area contributed by atoms with E-state index in [9.17, 15) is 9.59 Å². The van der Waals surface area contributed by atoms with Crippen LogP contribution in [0.1, 0.15) is 29.0 Å². The molecule has 0 spiro atoms. The van der Waals surface area contributed by atoms with Crippen LogP contribution in [-0.4, -0.2) is 49.3 Å². The molecule has 0 bridgehead atoms. The van der Waals surface area contributed by atoms with Gasteiger partial charge in [-0.3, -0.25) is 9.59 Å². The van der Waals surface area contributed by atoms with E-state index in [2.05, 4.69) is 5.32 Å². The summed E-state index contributed by atoms with van der Waals surface area (Å²) < 4.78 is 10.6. The smallest absolute Gasteiger partial charge is 0.243 e. The zero-order valence-electron chi connectivity index (χ0n) is 17.8. The first-order valence-electron chi connectivity index (χ1n) is 9.90. The van der Waals surface area contributed by atoms with Gasteiger partial charge in [0.05, 0.1) is 14.2 Å². The van der Waals surface area contributed by atoms with E-state index in [-0.39, 0.29) is 17.2 Å². The van der Waals surface area contributed by atoms with Crippen molar-refractivity contribution in [3.63, 3.8) is 0 Å². The molecule has 2 amide bonds. The summed E-state index contributed by atoms with van der Waals surface area (Å²) in [7, 11) is 3.20. The van der Waals surface area contributed by atoms with Crippen LogP contribution in [0.15, 0.2) is 42.5 Å². The number of nitrogens with one attached hydrogen (secondary N) is 1. The Morgan fingerprint density at radius 1 is 1.10 bits per heavy atom. The molecule has 30 heavy (non-hydrogen) atoms. The van der Waals surface area contributed by atoms with Gasteiger partial charge >= 0.3 is 0 Å². The maximum Gasteiger partial charge on any atom is 0.243 e. The van der Waals surface area contributed by atoms with Gasteiger partial charge in [0.1, 0.15) is 11.4 Å². The summed E-state index contributed by atoms with van der Waals surface area (Å²) in [5, 5.41) is 2.85. The third-order valence-electron chi connectivity index (χ3n) is 5.19. The van der Waals surface area contributed by atoms with Gasteiger partial charge < -0.3 is 19.7 Å². The highest BCUT2D eigenvalue weighted by atomic mass is 32.2. The quantitative estimate of drug-likeness (QED) is 0.733. The first-order valence-corrected chi connectivity index (χ1v) is 10.9. The van der Waals surface area contributed by atoms with Crippen LogP contribution in [0.4, 0.5) is 0 Å². The van der Waals surface area contributed by atoms with Crippen molar-refractivity contribution in [2.24, 2.45) is 0 Å². The van der Waals surface area contributed by atoms with Gasteiger partial charge in [-0.25, -0.2) is 0 Å². The van der Waals surface area contributed by atoms with Crippen molar-refractivity contribution in [1.82, 2.24) is 10.2 Å². The Bertz CT molecular complexity index is 901. The molecule has 0 aromatic heterocycles. The van der Waals surface area contributed by atoms with Crippen LogP contribution in [0, 0.1) is 6.92 Å². The van der Waals surface area contributed by atoms with Crippen LogP contribution in [0.5, 0.6) is 11.5 Å². The van der Waals surface area contributed by atoms with E-state index < -0.39 is 6.04 Å². The number of nitrogens with zero attached hydrogens (tertiary/aromatic N) is 1. The lowest BCUT2D eigenvalue weighted by Crippen LogP contribution is -2.47. The number of amides is 2. The van der Waals surface area contributed by atoms with Gasteiger partial charge in [-0.15, -0.1) is 11.8 Å². The average Bonchev–Trinajstić information content (AvgIpc) is 3.19. The van der Waals surface area contributed by atoms with Gasteiger partial charge in [0.15, 0.2) is 11.5 Å². The topological polar surface area (TPSA) is 67.9 Å². The Morgan fingerprint density at radius 3 is 2.43 bits per heavy atom. The van der Waals surface area contributed by atoms with Crippen LogP contribution >= 0.6 is 11.8 Å². The molecular weight excluding hydrogens is 400 g/mol. The van der Waals surface area contributed by atoms with Gasteiger partial charge in [-0.1, -0.05) is 35.9 Å². The molecule has 1 saturated heterocycles. The average molecular weight is 429 g/mol. The summed E-state index contributed by atoms with van der Waals surface area (Å²) in [6, 6.07) is 13.4. The van der Waals surface area contributed by atoms with E-state index >= 15 is 0 Å². The molecule has 0 radical (unpaired) electrons. The fourth-order valence-electron chi connectivity index (χ4n) is 3.56. The van der Waals surface area contributed by atoms with Crippen LogP contribution in [-0.2, 0) is 16.0 Å². The SMILES string of the molecule is COc1ccc(CCNC(=O)[C@H]2CS[C@@H](c3ccc(C)cc3)N2C(C)=O)cc1OC. The molecule has 2 atom stereocenters. The van der Waals surface area contributed by atoms with Crippen molar-refractivity contribution in [2.75, 3.05) is 26.5 Å². The molecule has 1 N–H and O–H groups in total. The highest BCUT2D eigenvalue weighted by Gasteiger charge is 2.40. The maximum absolute atomic E-state index is 12.8. The lowest BCUT2D eigenvalue weighted by atomic mass is 10.1. The fourth-order valence-corrected chi connectivity index (χ4v) is 5.05. The van der Waals surface area contributed by atoms with E-state index in [0.717, 1.165) is 11.1 Å². The van der Waals surface area contributed by atoms with Crippen LogP contribution in [0.25, 0.3) is 0 Å². The number of aryl methyl sites for hydroxylation is 1. The molecule has 0 saturated carbocycles. The van der Waals surface area contributed by atoms with E-state index in [0.29, 0.717) is 30.2 Å². The van der Waals surface area contributed by atoms with Gasteiger partial charge in [0, 0.05) is 19.2 Å².